The molecule has 1 nitrogen and oxygen atoms in total. The topological polar surface area (TPSA) is 12.4 Å². The van der Waals surface area contributed by atoms with Crippen molar-refractivity contribution in [1.29, 1.82) is 0 Å². The average molecular weight is 207 g/mol. The minimum absolute atomic E-state index is 0.514. The Labute approximate surface area is 94.7 Å². The molecule has 1 aliphatic rings. The summed E-state index contributed by atoms with van der Waals surface area (Å²) in [5.41, 5.74) is 0.514. The highest BCUT2D eigenvalue weighted by atomic mass is 14.9. The van der Waals surface area contributed by atoms with E-state index in [1.807, 2.05) is 0 Å². The normalized spacial score (nSPS) is 34.9. The Morgan fingerprint density at radius 3 is 2.53 bits per heavy atom. The maximum absolute atomic E-state index is 4.70. The standard InChI is InChI=1S/C14H25N/c1-6-8-11(3)12(4)10-15-13-9-14(13,5)7-2/h6,8,10-13H,7,9H2,1-5H3/b8-6-,15-10-/t11?,12?,13?,14-/m0/s1. The van der Waals surface area contributed by atoms with Crippen LogP contribution < -0.4 is 0 Å². The van der Waals surface area contributed by atoms with E-state index in [-0.39, 0.29) is 0 Å². The molecule has 0 bridgehead atoms. The van der Waals surface area contributed by atoms with Gasteiger partial charge in [0.15, 0.2) is 0 Å². The van der Waals surface area contributed by atoms with Crippen molar-refractivity contribution in [3.05, 3.63) is 12.2 Å². The van der Waals surface area contributed by atoms with Gasteiger partial charge in [-0.1, -0.05) is 39.8 Å². The largest absolute Gasteiger partial charge is 0.293 e. The molecule has 15 heavy (non-hydrogen) atoms. The molecule has 1 aliphatic carbocycles. The van der Waals surface area contributed by atoms with Crippen LogP contribution in [0.25, 0.3) is 0 Å². The molecular formula is C14H25N. The second-order valence-corrected chi connectivity index (χ2v) is 5.27. The van der Waals surface area contributed by atoms with Gasteiger partial charge in [0.2, 0.25) is 0 Å². The van der Waals surface area contributed by atoms with Gasteiger partial charge in [0.1, 0.15) is 0 Å². The third kappa shape index (κ3) is 3.19. The van der Waals surface area contributed by atoms with Gasteiger partial charge in [0.25, 0.3) is 0 Å². The molecule has 0 aromatic carbocycles. The highest BCUT2D eigenvalue weighted by molar-refractivity contribution is 5.61. The number of hydrogen-bond donors (Lipinski definition) is 0. The molecule has 1 fully saturated rings. The number of rotatable bonds is 5. The Balaban J connectivity index is 2.39. The smallest absolute Gasteiger partial charge is 0.0556 e. The molecule has 86 valence electrons. The minimum Gasteiger partial charge on any atom is -0.293 e. The first-order valence-corrected chi connectivity index (χ1v) is 6.19. The summed E-state index contributed by atoms with van der Waals surface area (Å²) in [6, 6.07) is 0.600. The Morgan fingerprint density at radius 1 is 1.40 bits per heavy atom. The van der Waals surface area contributed by atoms with Crippen molar-refractivity contribution in [3.63, 3.8) is 0 Å². The lowest BCUT2D eigenvalue weighted by atomic mass is 9.97. The van der Waals surface area contributed by atoms with E-state index in [9.17, 15) is 0 Å². The van der Waals surface area contributed by atoms with Crippen LogP contribution in [0, 0.1) is 17.3 Å². The number of aliphatic imine (C=N–C) groups is 1. The first-order chi connectivity index (χ1) is 7.03. The molecule has 0 spiro atoms. The zero-order valence-corrected chi connectivity index (χ0v) is 10.8. The van der Waals surface area contributed by atoms with Gasteiger partial charge in [-0.2, -0.15) is 0 Å². The van der Waals surface area contributed by atoms with E-state index < -0.39 is 0 Å². The molecule has 0 heterocycles. The van der Waals surface area contributed by atoms with Crippen molar-refractivity contribution in [2.24, 2.45) is 22.2 Å². The molecule has 1 saturated carbocycles. The van der Waals surface area contributed by atoms with Crippen LogP contribution in [0.4, 0.5) is 0 Å². The molecule has 0 amide bonds. The van der Waals surface area contributed by atoms with E-state index in [1.165, 1.54) is 12.8 Å². The first kappa shape index (κ1) is 12.5. The lowest BCUT2D eigenvalue weighted by Gasteiger charge is -2.11. The lowest BCUT2D eigenvalue weighted by molar-refractivity contribution is 0.524. The summed E-state index contributed by atoms with van der Waals surface area (Å²) in [4.78, 5) is 4.70. The summed E-state index contributed by atoms with van der Waals surface area (Å²) in [5, 5.41) is 0. The van der Waals surface area contributed by atoms with Gasteiger partial charge >= 0.3 is 0 Å². The van der Waals surface area contributed by atoms with E-state index in [2.05, 4.69) is 53.0 Å². The second-order valence-electron chi connectivity index (χ2n) is 5.27. The lowest BCUT2D eigenvalue weighted by Crippen LogP contribution is -2.08. The van der Waals surface area contributed by atoms with E-state index >= 15 is 0 Å². The number of allylic oxidation sites excluding steroid dienone is 2. The molecule has 1 heteroatoms. The van der Waals surface area contributed by atoms with Crippen molar-refractivity contribution in [2.45, 2.75) is 53.5 Å². The number of nitrogens with zero attached hydrogens (tertiary/aromatic N) is 1. The maximum Gasteiger partial charge on any atom is 0.0556 e. The van der Waals surface area contributed by atoms with Gasteiger partial charge in [-0.05, 0) is 37.0 Å². The van der Waals surface area contributed by atoms with Crippen LogP contribution in [0.2, 0.25) is 0 Å². The second kappa shape index (κ2) is 4.96. The fraction of sp³-hybridized carbons (Fsp3) is 0.786. The molecule has 4 atom stereocenters. The molecular weight excluding hydrogens is 182 g/mol. The van der Waals surface area contributed by atoms with E-state index in [4.69, 9.17) is 4.99 Å². The third-order valence-corrected chi connectivity index (χ3v) is 3.94. The third-order valence-electron chi connectivity index (χ3n) is 3.94. The summed E-state index contributed by atoms with van der Waals surface area (Å²) < 4.78 is 0. The Kier molecular flexibility index (Phi) is 4.12. The Morgan fingerprint density at radius 2 is 2.07 bits per heavy atom. The van der Waals surface area contributed by atoms with Crippen molar-refractivity contribution in [3.8, 4) is 0 Å². The predicted octanol–water partition coefficient (Wildman–Crippen LogP) is 4.09. The van der Waals surface area contributed by atoms with E-state index in [1.54, 1.807) is 0 Å². The Bertz CT molecular complexity index is 254. The van der Waals surface area contributed by atoms with Gasteiger partial charge in [0, 0.05) is 6.21 Å². The van der Waals surface area contributed by atoms with Crippen LogP contribution in [-0.4, -0.2) is 12.3 Å². The molecule has 0 aromatic rings. The van der Waals surface area contributed by atoms with Gasteiger partial charge in [-0.3, -0.25) is 4.99 Å². The monoisotopic (exact) mass is 207 g/mol. The fourth-order valence-corrected chi connectivity index (χ4v) is 1.85. The van der Waals surface area contributed by atoms with Gasteiger partial charge in [-0.25, -0.2) is 0 Å². The van der Waals surface area contributed by atoms with Crippen molar-refractivity contribution in [2.75, 3.05) is 0 Å². The molecule has 0 radical (unpaired) electrons. The summed E-state index contributed by atoms with van der Waals surface area (Å²) in [6.45, 7) is 11.2. The van der Waals surface area contributed by atoms with Crippen LogP contribution in [0.5, 0.6) is 0 Å². The Hall–Kier alpha value is -0.590. The van der Waals surface area contributed by atoms with Gasteiger partial charge in [-0.15, -0.1) is 0 Å². The van der Waals surface area contributed by atoms with Crippen LogP contribution >= 0.6 is 0 Å². The minimum atomic E-state index is 0.514. The van der Waals surface area contributed by atoms with Crippen molar-refractivity contribution < 1.29 is 0 Å². The van der Waals surface area contributed by atoms with E-state index in [0.29, 0.717) is 23.3 Å². The van der Waals surface area contributed by atoms with Crippen LogP contribution in [0.3, 0.4) is 0 Å². The molecule has 0 N–H and O–H groups in total. The summed E-state index contributed by atoms with van der Waals surface area (Å²) >= 11 is 0. The van der Waals surface area contributed by atoms with Crippen molar-refractivity contribution >= 4 is 6.21 Å². The molecule has 0 aliphatic heterocycles. The highest BCUT2D eigenvalue weighted by Crippen LogP contribution is 2.50. The van der Waals surface area contributed by atoms with Gasteiger partial charge < -0.3 is 0 Å². The number of hydrogen-bond acceptors (Lipinski definition) is 1. The molecule has 0 saturated heterocycles. The van der Waals surface area contributed by atoms with Crippen LogP contribution in [-0.2, 0) is 0 Å². The summed E-state index contributed by atoms with van der Waals surface area (Å²) in [7, 11) is 0. The summed E-state index contributed by atoms with van der Waals surface area (Å²) in [6.07, 6.45) is 9.08. The fourth-order valence-electron chi connectivity index (χ4n) is 1.85. The zero-order chi connectivity index (χ0) is 11.5. The molecule has 0 aromatic heterocycles. The summed E-state index contributed by atoms with van der Waals surface area (Å²) in [5.74, 6) is 1.16. The maximum atomic E-state index is 4.70. The quantitative estimate of drug-likeness (QED) is 0.475. The highest BCUT2D eigenvalue weighted by Gasteiger charge is 2.48. The predicted molar refractivity (Wildman–Crippen MR) is 68.4 cm³/mol. The SMILES string of the molecule is C/C=C\C(C)C(C)/C=N\C1C[C@]1(C)CC. The van der Waals surface area contributed by atoms with Gasteiger partial charge in [0.05, 0.1) is 6.04 Å². The van der Waals surface area contributed by atoms with Crippen LogP contribution in [0.15, 0.2) is 17.1 Å². The molecule has 1 rings (SSSR count). The first-order valence-electron chi connectivity index (χ1n) is 6.19. The molecule has 3 unspecified atom stereocenters. The zero-order valence-electron chi connectivity index (χ0n) is 10.8. The van der Waals surface area contributed by atoms with E-state index in [0.717, 1.165) is 0 Å². The van der Waals surface area contributed by atoms with Crippen LogP contribution in [0.1, 0.15) is 47.5 Å². The van der Waals surface area contributed by atoms with Crippen molar-refractivity contribution in [1.82, 2.24) is 0 Å². The average Bonchev–Trinajstić information content (AvgIpc) is 2.87.